The maximum absolute atomic E-state index is 12.8. The smallest absolute Gasteiger partial charge is 0.371 e. The average Bonchev–Trinajstić information content (AvgIpc) is 3.91. The first-order valence-corrected chi connectivity index (χ1v) is 24.3. The molecule has 2 aliphatic rings. The highest BCUT2D eigenvalue weighted by molar-refractivity contribution is 7.99. The molecule has 2 fully saturated rings. The van der Waals surface area contributed by atoms with E-state index in [1.54, 1.807) is 72.1 Å². The highest BCUT2D eigenvalue weighted by Gasteiger charge is 2.32. The monoisotopic (exact) mass is 1010 g/mol. The van der Waals surface area contributed by atoms with E-state index < -0.39 is 35.3 Å². The van der Waals surface area contributed by atoms with Gasteiger partial charge in [-0.2, -0.15) is 26.3 Å². The van der Waals surface area contributed by atoms with Crippen LogP contribution in [-0.2, 0) is 35.9 Å². The number of hydrogen-bond acceptors (Lipinski definition) is 12. The number of rotatable bonds is 16. The summed E-state index contributed by atoms with van der Waals surface area (Å²) in [4.78, 5) is 27.1. The third kappa shape index (κ3) is 13.8. The molecular formula is C48H52F6N10O4S2. The van der Waals surface area contributed by atoms with Crippen LogP contribution in [-0.4, -0.2) is 115 Å². The van der Waals surface area contributed by atoms with E-state index in [0.29, 0.717) is 49.1 Å². The van der Waals surface area contributed by atoms with Gasteiger partial charge < -0.3 is 30.1 Å². The topological polar surface area (TPSA) is 173 Å². The molecule has 0 aliphatic carbocycles. The molecule has 8 rings (SSSR count). The molecule has 0 unspecified atom stereocenters. The SMILES string of the molecule is Cn1c(SCCCN2CCO[C@@H](c3ccc(C(F)(F)F)cc3)C2)nnc1-c1ccc(C(N)=O)cc1.Cn1c(SCCCN2CCO[C@H](c3ccc(C(F)(F)F)cc3)C2)nnc1-c1ccc(C(N)=O)cc1. The molecule has 4 N–H and O–H groups in total. The molecule has 2 amide bonds. The van der Waals surface area contributed by atoms with Crippen LogP contribution < -0.4 is 11.5 Å². The number of carbonyl (C=O) groups excluding carboxylic acids is 2. The normalized spacial score (nSPS) is 17.0. The lowest BCUT2D eigenvalue weighted by Gasteiger charge is -2.33. The molecule has 2 aliphatic heterocycles. The van der Waals surface area contributed by atoms with Crippen molar-refractivity contribution in [1.82, 2.24) is 39.3 Å². The first-order chi connectivity index (χ1) is 33.4. The maximum Gasteiger partial charge on any atom is 0.416 e. The summed E-state index contributed by atoms with van der Waals surface area (Å²) in [6.07, 6.45) is -7.31. The molecule has 372 valence electrons. The van der Waals surface area contributed by atoms with Crippen molar-refractivity contribution in [3.05, 3.63) is 130 Å². The van der Waals surface area contributed by atoms with Crippen LogP contribution in [0.15, 0.2) is 107 Å². The third-order valence-corrected chi connectivity index (χ3v) is 14.0. The van der Waals surface area contributed by atoms with Gasteiger partial charge in [0.05, 0.1) is 36.5 Å². The van der Waals surface area contributed by atoms with Gasteiger partial charge in [0.1, 0.15) is 0 Å². The molecular weight excluding hydrogens is 959 g/mol. The zero-order valence-corrected chi connectivity index (χ0v) is 40.0. The summed E-state index contributed by atoms with van der Waals surface area (Å²) >= 11 is 3.22. The summed E-state index contributed by atoms with van der Waals surface area (Å²) < 4.78 is 92.3. The summed E-state index contributed by atoms with van der Waals surface area (Å²) in [5.41, 5.74) is 13.4. The van der Waals surface area contributed by atoms with E-state index in [2.05, 4.69) is 30.2 Å². The van der Waals surface area contributed by atoms with Crippen molar-refractivity contribution < 1.29 is 45.4 Å². The van der Waals surface area contributed by atoms with Crippen molar-refractivity contribution in [3.8, 4) is 22.8 Å². The standard InChI is InChI=1S/2C24H26F3N5O2S/c2*1-31-22(18-5-3-17(4-6-18)21(28)33)29-30-23(31)35-14-2-11-32-12-13-34-20(15-32)16-7-9-19(10-8-16)24(25,26)27/h2*3-10,20H,2,11-15H2,1H3,(H2,28,33)/t2*20-/m10/s1. The Labute approximate surface area is 409 Å². The number of primary amides is 2. The van der Waals surface area contributed by atoms with E-state index in [4.69, 9.17) is 20.9 Å². The number of morpholine rings is 2. The van der Waals surface area contributed by atoms with E-state index in [0.717, 1.165) is 107 Å². The number of alkyl halides is 6. The van der Waals surface area contributed by atoms with Gasteiger partial charge in [0.25, 0.3) is 0 Å². The Kier molecular flexibility index (Phi) is 17.4. The van der Waals surface area contributed by atoms with Gasteiger partial charge in [-0.25, -0.2) is 0 Å². The second-order valence-corrected chi connectivity index (χ2v) is 18.7. The van der Waals surface area contributed by atoms with Crippen molar-refractivity contribution in [2.75, 3.05) is 64.0 Å². The number of aromatic nitrogens is 6. The lowest BCUT2D eigenvalue weighted by atomic mass is 10.1. The highest BCUT2D eigenvalue weighted by atomic mass is 32.2. The third-order valence-electron chi connectivity index (χ3n) is 11.7. The van der Waals surface area contributed by atoms with Gasteiger partial charge >= 0.3 is 12.4 Å². The minimum atomic E-state index is -4.34. The molecule has 14 nitrogen and oxygen atoms in total. The summed E-state index contributed by atoms with van der Waals surface area (Å²) in [7, 11) is 3.80. The second-order valence-electron chi connectivity index (χ2n) is 16.6. The Balaban J connectivity index is 0.000000206. The summed E-state index contributed by atoms with van der Waals surface area (Å²) in [5.74, 6) is 2.14. The zero-order valence-electron chi connectivity index (χ0n) is 38.3. The maximum atomic E-state index is 12.8. The lowest BCUT2D eigenvalue weighted by Crippen LogP contribution is -2.39. The predicted octanol–water partition coefficient (Wildman–Crippen LogP) is 8.31. The van der Waals surface area contributed by atoms with Gasteiger partial charge in [-0.15, -0.1) is 20.4 Å². The van der Waals surface area contributed by atoms with Crippen LogP contribution in [0.5, 0.6) is 0 Å². The molecule has 6 aromatic rings. The molecule has 4 aromatic carbocycles. The Morgan fingerprint density at radius 3 is 1.26 bits per heavy atom. The number of halogens is 6. The van der Waals surface area contributed by atoms with Gasteiger partial charge in [0.2, 0.25) is 11.8 Å². The van der Waals surface area contributed by atoms with Crippen LogP contribution in [0.2, 0.25) is 0 Å². The quantitative estimate of drug-likeness (QED) is 0.0541. The fraction of sp³-hybridized carbons (Fsp3) is 0.375. The van der Waals surface area contributed by atoms with Gasteiger partial charge in [0.15, 0.2) is 22.0 Å². The number of nitrogens with two attached hydrogens (primary N) is 2. The van der Waals surface area contributed by atoms with Crippen molar-refractivity contribution >= 4 is 35.3 Å². The Morgan fingerprint density at radius 2 is 0.929 bits per heavy atom. The number of amides is 2. The Morgan fingerprint density at radius 1 is 0.571 bits per heavy atom. The summed E-state index contributed by atoms with van der Waals surface area (Å²) in [6, 6.07) is 24.3. The first kappa shape index (κ1) is 52.1. The van der Waals surface area contributed by atoms with E-state index >= 15 is 0 Å². The molecule has 70 heavy (non-hydrogen) atoms. The zero-order chi connectivity index (χ0) is 50.0. The highest BCUT2D eigenvalue weighted by Crippen LogP contribution is 2.33. The molecule has 22 heteroatoms. The molecule has 4 heterocycles. The van der Waals surface area contributed by atoms with Crippen LogP contribution in [0.25, 0.3) is 22.8 Å². The van der Waals surface area contributed by atoms with Crippen LogP contribution in [0.1, 0.15) is 68.0 Å². The predicted molar refractivity (Wildman–Crippen MR) is 254 cm³/mol. The Bertz CT molecular complexity index is 2480. The summed E-state index contributed by atoms with van der Waals surface area (Å²) in [5, 5.41) is 18.7. The number of ether oxygens (including phenoxy) is 2. The van der Waals surface area contributed by atoms with Crippen LogP contribution >= 0.6 is 23.5 Å². The molecule has 2 saturated heterocycles. The minimum absolute atomic E-state index is 0.235. The molecule has 2 aromatic heterocycles. The van der Waals surface area contributed by atoms with E-state index in [-0.39, 0.29) is 12.2 Å². The van der Waals surface area contributed by atoms with Crippen LogP contribution in [0, 0.1) is 0 Å². The number of thioether (sulfide) groups is 2. The molecule has 0 radical (unpaired) electrons. The van der Waals surface area contributed by atoms with Gasteiger partial charge in [-0.3, -0.25) is 19.4 Å². The molecule has 2 atom stereocenters. The second kappa shape index (κ2) is 23.4. The first-order valence-electron chi connectivity index (χ1n) is 22.3. The lowest BCUT2D eigenvalue weighted by molar-refractivity contribution is -0.138. The number of carbonyl (C=O) groups is 2. The number of hydrogen-bond donors (Lipinski definition) is 2. The largest absolute Gasteiger partial charge is 0.416 e. The minimum Gasteiger partial charge on any atom is -0.371 e. The fourth-order valence-electron chi connectivity index (χ4n) is 7.84. The van der Waals surface area contributed by atoms with E-state index in [1.165, 1.54) is 24.3 Å². The van der Waals surface area contributed by atoms with Crippen molar-refractivity contribution in [2.24, 2.45) is 25.6 Å². The number of benzene rings is 4. The number of nitrogens with zero attached hydrogens (tertiary/aromatic N) is 8. The van der Waals surface area contributed by atoms with Gasteiger partial charge in [0, 0.05) is 74.0 Å². The molecule has 0 saturated carbocycles. The fourth-order valence-corrected chi connectivity index (χ4v) is 9.51. The van der Waals surface area contributed by atoms with E-state index in [1.807, 2.05) is 23.2 Å². The molecule has 0 bridgehead atoms. The van der Waals surface area contributed by atoms with Crippen molar-refractivity contribution in [3.63, 3.8) is 0 Å². The van der Waals surface area contributed by atoms with Crippen LogP contribution in [0.4, 0.5) is 26.3 Å². The van der Waals surface area contributed by atoms with Crippen molar-refractivity contribution in [2.45, 2.75) is 47.7 Å². The van der Waals surface area contributed by atoms with Crippen LogP contribution in [0.3, 0.4) is 0 Å². The van der Waals surface area contributed by atoms with Gasteiger partial charge in [-0.05, 0) is 85.6 Å². The van der Waals surface area contributed by atoms with Crippen molar-refractivity contribution in [1.29, 1.82) is 0 Å². The summed E-state index contributed by atoms with van der Waals surface area (Å²) in [6.45, 7) is 5.66. The average molecular weight is 1010 g/mol. The Hall–Kier alpha value is -5.78. The van der Waals surface area contributed by atoms with E-state index in [9.17, 15) is 35.9 Å². The van der Waals surface area contributed by atoms with Gasteiger partial charge in [-0.1, -0.05) is 72.1 Å². The molecule has 0 spiro atoms.